The normalized spacial score (nSPS) is 17.2. The number of rotatable bonds is 4. The maximum Gasteiger partial charge on any atom is 0.131 e. The summed E-state index contributed by atoms with van der Waals surface area (Å²) >= 11 is 6.08. The molecule has 0 bridgehead atoms. The Morgan fingerprint density at radius 1 is 1.15 bits per heavy atom. The van der Waals surface area contributed by atoms with E-state index in [1.807, 2.05) is 6.20 Å². The van der Waals surface area contributed by atoms with Crippen molar-refractivity contribution in [2.75, 3.05) is 31.1 Å². The van der Waals surface area contributed by atoms with Crippen LogP contribution in [0, 0.1) is 0 Å². The van der Waals surface area contributed by atoms with Gasteiger partial charge in [-0.05, 0) is 13.8 Å². The minimum absolute atomic E-state index is 0.337. The zero-order valence-electron chi connectivity index (χ0n) is 12.9. The Morgan fingerprint density at radius 3 is 2.30 bits per heavy atom. The molecule has 0 radical (unpaired) electrons. The molecule has 112 valence electrons. The SMILES string of the molecule is CC(C)c1ncc(N2CCN(C(C)C)CC2)c(CCl)n1. The molecule has 0 aromatic carbocycles. The Morgan fingerprint density at radius 2 is 1.80 bits per heavy atom. The molecule has 0 unspecified atom stereocenters. The molecule has 5 heteroatoms. The van der Waals surface area contributed by atoms with E-state index >= 15 is 0 Å². The molecule has 0 spiro atoms. The van der Waals surface area contributed by atoms with Crippen molar-refractivity contribution in [1.82, 2.24) is 14.9 Å². The van der Waals surface area contributed by atoms with Crippen molar-refractivity contribution in [3.63, 3.8) is 0 Å². The summed E-state index contributed by atoms with van der Waals surface area (Å²) in [5.74, 6) is 1.66. The lowest BCUT2D eigenvalue weighted by molar-refractivity contribution is 0.209. The minimum atomic E-state index is 0.337. The quantitative estimate of drug-likeness (QED) is 0.800. The lowest BCUT2D eigenvalue weighted by Gasteiger charge is -2.38. The largest absolute Gasteiger partial charge is 0.366 e. The highest BCUT2D eigenvalue weighted by Crippen LogP contribution is 2.23. The molecular formula is C15H25ClN4. The standard InChI is InChI=1S/C15H25ClN4/c1-11(2)15-17-10-14(13(9-16)18-15)20-7-5-19(6-8-20)12(3)4/h10-12H,5-9H2,1-4H3. The van der Waals surface area contributed by atoms with Gasteiger partial charge >= 0.3 is 0 Å². The summed E-state index contributed by atoms with van der Waals surface area (Å²) in [6.07, 6.45) is 1.95. The van der Waals surface area contributed by atoms with E-state index in [-0.39, 0.29) is 0 Å². The second-order valence-corrected chi connectivity index (χ2v) is 6.23. The van der Waals surface area contributed by atoms with E-state index in [0.29, 0.717) is 17.8 Å². The third-order valence-corrected chi connectivity index (χ3v) is 4.15. The van der Waals surface area contributed by atoms with Gasteiger partial charge in [-0.2, -0.15) is 0 Å². The molecule has 1 aromatic rings. The van der Waals surface area contributed by atoms with Crippen LogP contribution < -0.4 is 4.90 Å². The number of hydrogen-bond donors (Lipinski definition) is 0. The maximum absolute atomic E-state index is 6.08. The summed E-state index contributed by atoms with van der Waals surface area (Å²) in [5.41, 5.74) is 2.07. The molecule has 2 heterocycles. The van der Waals surface area contributed by atoms with Crippen LogP contribution in [0.2, 0.25) is 0 Å². The van der Waals surface area contributed by atoms with Crippen LogP contribution in [0.3, 0.4) is 0 Å². The molecule has 1 aliphatic rings. The minimum Gasteiger partial charge on any atom is -0.366 e. The van der Waals surface area contributed by atoms with Crippen LogP contribution in [0.25, 0.3) is 0 Å². The van der Waals surface area contributed by atoms with E-state index in [1.165, 1.54) is 0 Å². The summed E-state index contributed by atoms with van der Waals surface area (Å²) in [5, 5.41) is 0. The topological polar surface area (TPSA) is 32.3 Å². The van der Waals surface area contributed by atoms with Crippen LogP contribution in [0.5, 0.6) is 0 Å². The van der Waals surface area contributed by atoms with Crippen molar-refractivity contribution in [2.24, 2.45) is 0 Å². The highest BCUT2D eigenvalue weighted by molar-refractivity contribution is 6.17. The monoisotopic (exact) mass is 296 g/mol. The highest BCUT2D eigenvalue weighted by atomic mass is 35.5. The Bertz CT molecular complexity index is 439. The molecule has 0 atom stereocenters. The number of piperazine rings is 1. The maximum atomic E-state index is 6.08. The summed E-state index contributed by atoms with van der Waals surface area (Å²) in [6, 6.07) is 0.615. The molecule has 0 aliphatic carbocycles. The van der Waals surface area contributed by atoms with Gasteiger partial charge in [-0.1, -0.05) is 13.8 Å². The lowest BCUT2D eigenvalue weighted by atomic mass is 10.2. The van der Waals surface area contributed by atoms with Gasteiger partial charge in [0, 0.05) is 38.1 Å². The zero-order chi connectivity index (χ0) is 14.7. The van der Waals surface area contributed by atoms with Gasteiger partial charge in [-0.3, -0.25) is 4.90 Å². The average molecular weight is 297 g/mol. The molecular weight excluding hydrogens is 272 g/mol. The first-order valence-corrected chi connectivity index (χ1v) is 7.97. The third-order valence-electron chi connectivity index (χ3n) is 3.89. The van der Waals surface area contributed by atoms with Crippen LogP contribution >= 0.6 is 11.6 Å². The van der Waals surface area contributed by atoms with Gasteiger partial charge in [0.25, 0.3) is 0 Å². The van der Waals surface area contributed by atoms with E-state index < -0.39 is 0 Å². The van der Waals surface area contributed by atoms with Crippen LogP contribution in [0.4, 0.5) is 5.69 Å². The molecule has 4 nitrogen and oxygen atoms in total. The molecule has 0 N–H and O–H groups in total. The summed E-state index contributed by atoms with van der Waals surface area (Å²) in [6.45, 7) is 12.9. The van der Waals surface area contributed by atoms with Crippen molar-refractivity contribution in [3.8, 4) is 0 Å². The fourth-order valence-electron chi connectivity index (χ4n) is 2.55. The van der Waals surface area contributed by atoms with Crippen molar-refractivity contribution in [1.29, 1.82) is 0 Å². The summed E-state index contributed by atoms with van der Waals surface area (Å²) < 4.78 is 0. The number of halogens is 1. The number of anilines is 1. The number of alkyl halides is 1. The van der Waals surface area contributed by atoms with Gasteiger partial charge in [-0.15, -0.1) is 11.6 Å². The van der Waals surface area contributed by atoms with Crippen molar-refractivity contribution < 1.29 is 0 Å². The predicted octanol–water partition coefficient (Wildman–Crippen LogP) is 2.87. The molecule has 1 saturated heterocycles. The fraction of sp³-hybridized carbons (Fsp3) is 0.733. The van der Waals surface area contributed by atoms with Crippen LogP contribution in [0.1, 0.15) is 45.1 Å². The molecule has 1 aliphatic heterocycles. The zero-order valence-corrected chi connectivity index (χ0v) is 13.7. The van der Waals surface area contributed by atoms with Gasteiger partial charge in [-0.25, -0.2) is 9.97 Å². The molecule has 1 aromatic heterocycles. The van der Waals surface area contributed by atoms with Crippen LogP contribution in [-0.4, -0.2) is 47.1 Å². The molecule has 20 heavy (non-hydrogen) atoms. The van der Waals surface area contributed by atoms with Gasteiger partial charge in [0.1, 0.15) is 5.82 Å². The van der Waals surface area contributed by atoms with E-state index in [2.05, 4.69) is 47.5 Å². The molecule has 1 fully saturated rings. The lowest BCUT2D eigenvalue weighted by Crippen LogP contribution is -2.49. The first-order chi connectivity index (χ1) is 9.52. The van der Waals surface area contributed by atoms with E-state index in [1.54, 1.807) is 0 Å². The number of hydrogen-bond acceptors (Lipinski definition) is 4. The second kappa shape index (κ2) is 6.72. The Labute approximate surface area is 127 Å². The first kappa shape index (κ1) is 15.5. The van der Waals surface area contributed by atoms with E-state index in [0.717, 1.165) is 43.4 Å². The third kappa shape index (κ3) is 3.41. The molecule has 0 saturated carbocycles. The van der Waals surface area contributed by atoms with Gasteiger partial charge in [0.15, 0.2) is 0 Å². The number of nitrogens with zero attached hydrogens (tertiary/aromatic N) is 4. The van der Waals surface area contributed by atoms with E-state index in [9.17, 15) is 0 Å². The highest BCUT2D eigenvalue weighted by Gasteiger charge is 2.21. The van der Waals surface area contributed by atoms with Crippen molar-refractivity contribution in [2.45, 2.75) is 45.5 Å². The molecule has 0 amide bonds. The summed E-state index contributed by atoms with van der Waals surface area (Å²) in [7, 11) is 0. The van der Waals surface area contributed by atoms with Crippen LogP contribution in [-0.2, 0) is 5.88 Å². The first-order valence-electron chi connectivity index (χ1n) is 7.43. The summed E-state index contributed by atoms with van der Waals surface area (Å²) in [4.78, 5) is 14.0. The Balaban J connectivity index is 2.13. The van der Waals surface area contributed by atoms with Crippen LogP contribution in [0.15, 0.2) is 6.20 Å². The smallest absolute Gasteiger partial charge is 0.131 e. The van der Waals surface area contributed by atoms with E-state index in [4.69, 9.17) is 11.6 Å². The Kier molecular flexibility index (Phi) is 5.22. The average Bonchev–Trinajstić information content (AvgIpc) is 2.46. The Hall–Kier alpha value is -0.870. The fourth-order valence-corrected chi connectivity index (χ4v) is 2.74. The van der Waals surface area contributed by atoms with Gasteiger partial charge < -0.3 is 4.90 Å². The number of aromatic nitrogens is 2. The van der Waals surface area contributed by atoms with Crippen molar-refractivity contribution >= 4 is 17.3 Å². The molecule has 2 rings (SSSR count). The second-order valence-electron chi connectivity index (χ2n) is 5.97. The van der Waals surface area contributed by atoms with Gasteiger partial charge in [0.05, 0.1) is 23.5 Å². The van der Waals surface area contributed by atoms with Crippen molar-refractivity contribution in [3.05, 3.63) is 17.7 Å². The van der Waals surface area contributed by atoms with Gasteiger partial charge in [0.2, 0.25) is 0 Å². The predicted molar refractivity (Wildman–Crippen MR) is 84.6 cm³/mol.